The minimum Gasteiger partial charge on any atom is -0.380 e. The summed E-state index contributed by atoms with van der Waals surface area (Å²) in [5.41, 5.74) is 11.1. The molecule has 0 spiro atoms. The Balaban J connectivity index is 1.67. The summed E-state index contributed by atoms with van der Waals surface area (Å²) in [5, 5.41) is 8.90. The molecule has 0 aliphatic rings. The molecule has 0 aromatic heterocycles. The standard InChI is InChI=1S/C36H43N3S/c1-26(12-11-23-40)34-20-15-27(2)35(25-34)38-29(4)33-21-18-32(19-22-33)24-36(30(5)39(6)7)37-28(3)16-17-31-13-9-8-10-14-31/h8-15,18-23,25,36-38,40H,3-5,16-17,24H2,1-2,6-7H3/b23-11-,26-12+. The fourth-order valence-corrected chi connectivity index (χ4v) is 4.51. The second kappa shape index (κ2) is 15.0. The lowest BCUT2D eigenvalue weighted by atomic mass is 10.00. The first-order valence-electron chi connectivity index (χ1n) is 13.7. The Morgan fingerprint density at radius 1 is 0.925 bits per heavy atom. The fraction of sp³-hybridized carbons (Fsp3) is 0.222. The molecular weight excluding hydrogens is 506 g/mol. The van der Waals surface area contributed by atoms with Crippen LogP contribution in [0.25, 0.3) is 11.3 Å². The lowest BCUT2D eigenvalue weighted by Gasteiger charge is -2.28. The topological polar surface area (TPSA) is 27.3 Å². The third kappa shape index (κ3) is 9.10. The van der Waals surface area contributed by atoms with Crippen LogP contribution in [0.1, 0.15) is 41.2 Å². The average molecular weight is 550 g/mol. The summed E-state index contributed by atoms with van der Waals surface area (Å²) >= 11 is 4.15. The minimum absolute atomic E-state index is 0.0598. The zero-order valence-corrected chi connectivity index (χ0v) is 25.3. The number of rotatable bonds is 14. The van der Waals surface area contributed by atoms with Gasteiger partial charge in [-0.25, -0.2) is 0 Å². The molecule has 1 atom stereocenters. The van der Waals surface area contributed by atoms with Crippen LogP contribution < -0.4 is 10.6 Å². The number of nitrogens with zero attached hydrogens (tertiary/aromatic N) is 1. The van der Waals surface area contributed by atoms with Gasteiger partial charge in [-0.05, 0) is 78.0 Å². The van der Waals surface area contributed by atoms with Crippen LogP contribution in [0.4, 0.5) is 5.69 Å². The highest BCUT2D eigenvalue weighted by Gasteiger charge is 2.16. The van der Waals surface area contributed by atoms with E-state index in [1.54, 1.807) is 5.41 Å². The van der Waals surface area contributed by atoms with Crippen LogP contribution in [0.15, 0.2) is 121 Å². The van der Waals surface area contributed by atoms with E-state index in [-0.39, 0.29) is 6.04 Å². The van der Waals surface area contributed by atoms with E-state index in [1.165, 1.54) is 22.3 Å². The van der Waals surface area contributed by atoms with E-state index in [0.29, 0.717) is 0 Å². The maximum absolute atomic E-state index is 4.35. The molecule has 3 nitrogen and oxygen atoms in total. The molecule has 3 aromatic carbocycles. The van der Waals surface area contributed by atoms with Crippen molar-refractivity contribution in [1.82, 2.24) is 10.2 Å². The van der Waals surface area contributed by atoms with Gasteiger partial charge in [-0.15, -0.1) is 0 Å². The van der Waals surface area contributed by atoms with Gasteiger partial charge in [-0.1, -0.05) is 98.6 Å². The van der Waals surface area contributed by atoms with Crippen molar-refractivity contribution in [1.29, 1.82) is 0 Å². The summed E-state index contributed by atoms with van der Waals surface area (Å²) in [5.74, 6) is 0. The largest absolute Gasteiger partial charge is 0.380 e. The summed E-state index contributed by atoms with van der Waals surface area (Å²) in [7, 11) is 4.07. The molecule has 40 heavy (non-hydrogen) atoms. The van der Waals surface area contributed by atoms with E-state index in [0.717, 1.165) is 53.2 Å². The average Bonchev–Trinajstić information content (AvgIpc) is 2.96. The van der Waals surface area contributed by atoms with Crippen LogP contribution in [0, 0.1) is 6.92 Å². The van der Waals surface area contributed by atoms with Crippen molar-refractivity contribution in [3.63, 3.8) is 0 Å². The molecule has 4 heteroatoms. The van der Waals surface area contributed by atoms with Crippen LogP contribution in [0.5, 0.6) is 0 Å². The molecule has 0 saturated heterocycles. The summed E-state index contributed by atoms with van der Waals surface area (Å²) in [6.45, 7) is 17.2. The lowest BCUT2D eigenvalue weighted by molar-refractivity contribution is 0.434. The Morgan fingerprint density at radius 3 is 2.25 bits per heavy atom. The Hall–Kier alpha value is -3.89. The number of anilines is 1. The second-order valence-corrected chi connectivity index (χ2v) is 10.7. The molecule has 2 N–H and O–H groups in total. The van der Waals surface area contributed by atoms with Gasteiger partial charge in [0.05, 0.1) is 6.04 Å². The van der Waals surface area contributed by atoms with E-state index in [4.69, 9.17) is 0 Å². The van der Waals surface area contributed by atoms with Crippen LogP contribution in [-0.2, 0) is 12.8 Å². The molecule has 208 valence electrons. The van der Waals surface area contributed by atoms with E-state index in [2.05, 4.69) is 135 Å². The predicted octanol–water partition coefficient (Wildman–Crippen LogP) is 8.65. The Labute approximate surface area is 247 Å². The molecule has 0 aliphatic heterocycles. The van der Waals surface area contributed by atoms with Crippen molar-refractivity contribution in [2.24, 2.45) is 0 Å². The first-order chi connectivity index (χ1) is 19.2. The second-order valence-electron chi connectivity index (χ2n) is 10.4. The normalized spacial score (nSPS) is 12.2. The van der Waals surface area contributed by atoms with Gasteiger partial charge >= 0.3 is 0 Å². The quantitative estimate of drug-likeness (QED) is 0.139. The van der Waals surface area contributed by atoms with Gasteiger partial charge < -0.3 is 15.5 Å². The number of allylic oxidation sites excluding steroid dienone is 4. The maximum atomic E-state index is 4.35. The highest BCUT2D eigenvalue weighted by Crippen LogP contribution is 2.26. The van der Waals surface area contributed by atoms with Crippen LogP contribution >= 0.6 is 12.6 Å². The fourth-order valence-electron chi connectivity index (χ4n) is 4.42. The number of likely N-dealkylation sites (N-methyl/N-ethyl adjacent to an activating group) is 1. The number of hydrogen-bond donors (Lipinski definition) is 3. The van der Waals surface area contributed by atoms with Gasteiger partial charge in [-0.3, -0.25) is 0 Å². The van der Waals surface area contributed by atoms with Crippen molar-refractivity contribution in [2.45, 2.75) is 39.2 Å². The highest BCUT2D eigenvalue weighted by molar-refractivity contribution is 7.83. The first kappa shape index (κ1) is 30.6. The molecule has 3 aromatic rings. The summed E-state index contributed by atoms with van der Waals surface area (Å²) in [6, 6.07) is 25.6. The van der Waals surface area contributed by atoms with Crippen molar-refractivity contribution < 1.29 is 0 Å². The molecule has 0 amide bonds. The van der Waals surface area contributed by atoms with Crippen molar-refractivity contribution in [3.05, 3.63) is 149 Å². The van der Waals surface area contributed by atoms with Crippen LogP contribution in [-0.4, -0.2) is 25.0 Å². The summed E-state index contributed by atoms with van der Waals surface area (Å²) in [4.78, 5) is 2.07. The monoisotopic (exact) mass is 549 g/mol. The van der Waals surface area contributed by atoms with Crippen LogP contribution in [0.2, 0.25) is 0 Å². The molecular formula is C36H43N3S. The van der Waals surface area contributed by atoms with E-state index < -0.39 is 0 Å². The zero-order chi connectivity index (χ0) is 29.1. The molecule has 3 rings (SSSR count). The van der Waals surface area contributed by atoms with Gasteiger partial charge in [0.15, 0.2) is 0 Å². The van der Waals surface area contributed by atoms with Gasteiger partial charge in [0.2, 0.25) is 0 Å². The van der Waals surface area contributed by atoms with E-state index in [1.807, 2.05) is 26.2 Å². The predicted molar refractivity (Wildman–Crippen MR) is 179 cm³/mol. The summed E-state index contributed by atoms with van der Waals surface area (Å²) < 4.78 is 0. The van der Waals surface area contributed by atoms with Gasteiger partial charge in [0.1, 0.15) is 0 Å². The highest BCUT2D eigenvalue weighted by atomic mass is 32.1. The Bertz CT molecular complexity index is 1360. The molecule has 0 radical (unpaired) electrons. The van der Waals surface area contributed by atoms with E-state index >= 15 is 0 Å². The van der Waals surface area contributed by atoms with E-state index in [9.17, 15) is 0 Å². The van der Waals surface area contributed by atoms with Crippen molar-refractivity contribution in [3.8, 4) is 0 Å². The minimum atomic E-state index is 0.0598. The third-order valence-corrected chi connectivity index (χ3v) is 7.24. The number of nitrogens with one attached hydrogen (secondary N) is 2. The Morgan fingerprint density at radius 2 is 1.60 bits per heavy atom. The number of aryl methyl sites for hydroxylation is 2. The number of benzene rings is 3. The van der Waals surface area contributed by atoms with Crippen molar-refractivity contribution >= 4 is 29.6 Å². The van der Waals surface area contributed by atoms with Crippen LogP contribution in [0.3, 0.4) is 0 Å². The molecule has 0 saturated carbocycles. The van der Waals surface area contributed by atoms with Crippen molar-refractivity contribution in [2.75, 3.05) is 19.4 Å². The summed E-state index contributed by atoms with van der Waals surface area (Å²) in [6.07, 6.45) is 6.65. The molecule has 0 fully saturated rings. The SMILES string of the molecule is C=C(CCc1ccccc1)NC(Cc1ccc(C(=C)Nc2cc(/C(C)=C/C=C\S)ccc2C)cc1)C(=C)N(C)C. The van der Waals surface area contributed by atoms with Gasteiger partial charge in [0, 0.05) is 36.9 Å². The first-order valence-corrected chi connectivity index (χ1v) is 14.2. The number of thiol groups is 1. The van der Waals surface area contributed by atoms with Gasteiger partial charge in [0.25, 0.3) is 0 Å². The smallest absolute Gasteiger partial charge is 0.0692 e. The molecule has 1 unspecified atom stereocenters. The third-order valence-electron chi connectivity index (χ3n) is 7.07. The molecule has 0 aliphatic carbocycles. The lowest BCUT2D eigenvalue weighted by Crippen LogP contribution is -2.37. The zero-order valence-electron chi connectivity index (χ0n) is 24.4. The molecule has 0 heterocycles. The number of hydrogen-bond acceptors (Lipinski definition) is 4. The Kier molecular flexibility index (Phi) is 11.5. The maximum Gasteiger partial charge on any atom is 0.0692 e. The van der Waals surface area contributed by atoms with Gasteiger partial charge in [-0.2, -0.15) is 12.6 Å². The molecule has 0 bridgehead atoms.